The first-order chi connectivity index (χ1) is 8.59. The first-order valence-electron chi connectivity index (χ1n) is 5.73. The fourth-order valence-electron chi connectivity index (χ4n) is 1.84. The lowest BCUT2D eigenvalue weighted by atomic mass is 10.1. The molecule has 1 aromatic carbocycles. The largest absolute Gasteiger partial charge is 0.337 e. The second-order valence-corrected chi connectivity index (χ2v) is 4.60. The molecule has 1 aromatic heterocycles. The van der Waals surface area contributed by atoms with Crippen LogP contribution < -0.4 is 5.32 Å². The van der Waals surface area contributed by atoms with Gasteiger partial charge in [0, 0.05) is 36.1 Å². The third-order valence-electron chi connectivity index (χ3n) is 2.92. The van der Waals surface area contributed by atoms with Crippen molar-refractivity contribution >= 4 is 11.6 Å². The smallest absolute Gasteiger partial charge is 0.129 e. The van der Waals surface area contributed by atoms with Gasteiger partial charge < -0.3 is 9.88 Å². The minimum absolute atomic E-state index is 0.171. The first kappa shape index (κ1) is 13.1. The molecular weight excluding hydrogens is 253 g/mol. The third kappa shape index (κ3) is 2.71. The van der Waals surface area contributed by atoms with Gasteiger partial charge in [-0.15, -0.1) is 0 Å². The van der Waals surface area contributed by atoms with Crippen LogP contribution in [0.3, 0.4) is 0 Å². The SMILES string of the molecule is C[C@H](NCc1nccn1C)c1c(F)cccc1Cl. The summed E-state index contributed by atoms with van der Waals surface area (Å²) in [4.78, 5) is 4.20. The van der Waals surface area contributed by atoms with E-state index in [4.69, 9.17) is 11.6 Å². The molecule has 0 aliphatic rings. The van der Waals surface area contributed by atoms with Crippen molar-refractivity contribution in [1.29, 1.82) is 0 Å². The quantitative estimate of drug-likeness (QED) is 0.923. The van der Waals surface area contributed by atoms with Gasteiger partial charge in [0.1, 0.15) is 11.6 Å². The highest BCUT2D eigenvalue weighted by molar-refractivity contribution is 6.31. The summed E-state index contributed by atoms with van der Waals surface area (Å²) in [6.07, 6.45) is 3.61. The summed E-state index contributed by atoms with van der Waals surface area (Å²) >= 11 is 6.02. The Balaban J connectivity index is 2.08. The lowest BCUT2D eigenvalue weighted by Gasteiger charge is -2.16. The highest BCUT2D eigenvalue weighted by Gasteiger charge is 2.14. The van der Waals surface area contributed by atoms with Gasteiger partial charge in [0.05, 0.1) is 6.54 Å². The maximum absolute atomic E-state index is 13.7. The Hall–Kier alpha value is -1.39. The number of benzene rings is 1. The lowest BCUT2D eigenvalue weighted by molar-refractivity contribution is 0.515. The van der Waals surface area contributed by atoms with Crippen LogP contribution in [0, 0.1) is 5.82 Å². The van der Waals surface area contributed by atoms with E-state index in [0.29, 0.717) is 17.1 Å². The van der Waals surface area contributed by atoms with Gasteiger partial charge in [0.25, 0.3) is 0 Å². The Morgan fingerprint density at radius 3 is 2.89 bits per heavy atom. The van der Waals surface area contributed by atoms with Gasteiger partial charge in [-0.3, -0.25) is 0 Å². The number of imidazole rings is 1. The van der Waals surface area contributed by atoms with E-state index in [0.717, 1.165) is 5.82 Å². The van der Waals surface area contributed by atoms with Crippen LogP contribution in [0.25, 0.3) is 0 Å². The van der Waals surface area contributed by atoms with Crippen LogP contribution in [0.15, 0.2) is 30.6 Å². The minimum atomic E-state index is -0.289. The molecule has 18 heavy (non-hydrogen) atoms. The maximum atomic E-state index is 13.7. The zero-order valence-corrected chi connectivity index (χ0v) is 11.1. The topological polar surface area (TPSA) is 29.9 Å². The van der Waals surface area contributed by atoms with Crippen LogP contribution in [0.4, 0.5) is 4.39 Å². The number of hydrogen-bond donors (Lipinski definition) is 1. The molecule has 1 N–H and O–H groups in total. The molecule has 1 atom stereocenters. The highest BCUT2D eigenvalue weighted by Crippen LogP contribution is 2.25. The van der Waals surface area contributed by atoms with Gasteiger partial charge in [-0.2, -0.15) is 0 Å². The fraction of sp³-hybridized carbons (Fsp3) is 0.308. The van der Waals surface area contributed by atoms with Crippen molar-refractivity contribution in [1.82, 2.24) is 14.9 Å². The predicted octanol–water partition coefficient (Wildman–Crippen LogP) is 3.06. The van der Waals surface area contributed by atoms with Crippen LogP contribution in [-0.4, -0.2) is 9.55 Å². The number of nitrogens with one attached hydrogen (secondary N) is 1. The second-order valence-electron chi connectivity index (χ2n) is 4.19. The van der Waals surface area contributed by atoms with E-state index in [1.54, 1.807) is 18.3 Å². The fourth-order valence-corrected chi connectivity index (χ4v) is 2.16. The molecular formula is C13H15ClFN3. The number of aryl methyl sites for hydroxylation is 1. The molecule has 0 spiro atoms. The van der Waals surface area contributed by atoms with Gasteiger partial charge in [0.2, 0.25) is 0 Å². The predicted molar refractivity (Wildman–Crippen MR) is 69.9 cm³/mol. The lowest BCUT2D eigenvalue weighted by Crippen LogP contribution is -2.21. The van der Waals surface area contributed by atoms with Crippen molar-refractivity contribution in [3.05, 3.63) is 52.8 Å². The molecule has 0 saturated heterocycles. The van der Waals surface area contributed by atoms with Gasteiger partial charge >= 0.3 is 0 Å². The summed E-state index contributed by atoms with van der Waals surface area (Å²) < 4.78 is 15.6. The van der Waals surface area contributed by atoms with Crippen LogP contribution in [0.2, 0.25) is 5.02 Å². The summed E-state index contributed by atoms with van der Waals surface area (Å²) in [5, 5.41) is 3.66. The number of hydrogen-bond acceptors (Lipinski definition) is 2. The van der Waals surface area contributed by atoms with E-state index in [-0.39, 0.29) is 11.9 Å². The van der Waals surface area contributed by atoms with Crippen LogP contribution in [0.5, 0.6) is 0 Å². The van der Waals surface area contributed by atoms with Crippen molar-refractivity contribution in [3.63, 3.8) is 0 Å². The Morgan fingerprint density at radius 2 is 2.28 bits per heavy atom. The van der Waals surface area contributed by atoms with E-state index in [2.05, 4.69) is 10.3 Å². The Kier molecular flexibility index (Phi) is 3.99. The molecule has 0 aliphatic carbocycles. The van der Waals surface area contributed by atoms with Crippen LogP contribution in [-0.2, 0) is 13.6 Å². The molecule has 3 nitrogen and oxygen atoms in total. The molecule has 0 bridgehead atoms. The molecule has 1 heterocycles. The zero-order chi connectivity index (χ0) is 13.1. The molecule has 0 aliphatic heterocycles. The number of nitrogens with zero attached hydrogens (tertiary/aromatic N) is 2. The van der Waals surface area contributed by atoms with Crippen LogP contribution in [0.1, 0.15) is 24.4 Å². The number of rotatable bonds is 4. The van der Waals surface area contributed by atoms with Crippen molar-refractivity contribution < 1.29 is 4.39 Å². The third-order valence-corrected chi connectivity index (χ3v) is 3.25. The monoisotopic (exact) mass is 267 g/mol. The molecule has 0 fully saturated rings. The van der Waals surface area contributed by atoms with E-state index in [9.17, 15) is 4.39 Å². The minimum Gasteiger partial charge on any atom is -0.337 e. The average molecular weight is 268 g/mol. The summed E-state index contributed by atoms with van der Waals surface area (Å²) in [5.74, 6) is 0.608. The summed E-state index contributed by atoms with van der Waals surface area (Å²) in [7, 11) is 1.92. The average Bonchev–Trinajstić information content (AvgIpc) is 2.72. The first-order valence-corrected chi connectivity index (χ1v) is 6.11. The molecule has 0 amide bonds. The van der Waals surface area contributed by atoms with E-state index in [1.165, 1.54) is 6.07 Å². The Bertz CT molecular complexity index is 519. The summed E-state index contributed by atoms with van der Waals surface area (Å²) in [5.41, 5.74) is 0.494. The van der Waals surface area contributed by atoms with Gasteiger partial charge in [-0.1, -0.05) is 17.7 Å². The highest BCUT2D eigenvalue weighted by atomic mass is 35.5. The molecule has 2 aromatic rings. The molecule has 96 valence electrons. The zero-order valence-electron chi connectivity index (χ0n) is 10.3. The Morgan fingerprint density at radius 1 is 1.50 bits per heavy atom. The standard InChI is InChI=1S/C13H15ClFN3/c1-9(13-10(14)4-3-5-11(13)15)17-8-12-16-6-7-18(12)2/h3-7,9,17H,8H2,1-2H3/t9-/m0/s1. The van der Waals surface area contributed by atoms with E-state index in [1.807, 2.05) is 24.7 Å². The van der Waals surface area contributed by atoms with Gasteiger partial charge in [-0.05, 0) is 19.1 Å². The van der Waals surface area contributed by atoms with Crippen molar-refractivity contribution in [3.8, 4) is 0 Å². The molecule has 0 unspecified atom stereocenters. The molecule has 5 heteroatoms. The normalized spacial score (nSPS) is 12.7. The molecule has 2 rings (SSSR count). The van der Waals surface area contributed by atoms with Gasteiger partial charge in [0.15, 0.2) is 0 Å². The van der Waals surface area contributed by atoms with Crippen LogP contribution >= 0.6 is 11.6 Å². The summed E-state index contributed by atoms with van der Waals surface area (Å²) in [6, 6.07) is 4.54. The molecule has 0 radical (unpaired) electrons. The number of halogens is 2. The number of aromatic nitrogens is 2. The van der Waals surface area contributed by atoms with E-state index < -0.39 is 0 Å². The summed E-state index contributed by atoms with van der Waals surface area (Å²) in [6.45, 7) is 2.45. The maximum Gasteiger partial charge on any atom is 0.129 e. The van der Waals surface area contributed by atoms with E-state index >= 15 is 0 Å². The van der Waals surface area contributed by atoms with Crippen molar-refractivity contribution in [2.75, 3.05) is 0 Å². The van der Waals surface area contributed by atoms with Gasteiger partial charge in [-0.25, -0.2) is 9.37 Å². The second kappa shape index (κ2) is 5.50. The molecule has 0 saturated carbocycles. The van der Waals surface area contributed by atoms with Crippen molar-refractivity contribution in [2.24, 2.45) is 7.05 Å². The van der Waals surface area contributed by atoms with Crippen molar-refractivity contribution in [2.45, 2.75) is 19.5 Å². The Labute approximate surface area is 111 Å².